The van der Waals surface area contributed by atoms with Gasteiger partial charge in [0.15, 0.2) is 0 Å². The minimum absolute atomic E-state index is 0. The molecule has 0 radical (unpaired) electrons. The molecule has 2 heterocycles. The Balaban J connectivity index is 0.00000147. The van der Waals surface area contributed by atoms with Crippen LogP contribution in [0.2, 0.25) is 0 Å². The van der Waals surface area contributed by atoms with E-state index in [0.29, 0.717) is 18.2 Å². The van der Waals surface area contributed by atoms with Gasteiger partial charge in [-0.2, -0.15) is 5.10 Å². The average Bonchev–Trinajstić information content (AvgIpc) is 2.87. The lowest BCUT2D eigenvalue weighted by Crippen LogP contribution is -2.48. The van der Waals surface area contributed by atoms with E-state index in [-0.39, 0.29) is 18.3 Å². The van der Waals surface area contributed by atoms with Gasteiger partial charge in [0.05, 0.1) is 5.69 Å². The minimum Gasteiger partial charge on any atom is -0.350 e. The number of benzene rings is 1. The fraction of sp³-hybridized carbons (Fsp3) is 0.286. The first-order chi connectivity index (χ1) is 9.33. The van der Waals surface area contributed by atoms with Crippen molar-refractivity contribution in [3.05, 3.63) is 42.1 Å². The fourth-order valence-corrected chi connectivity index (χ4v) is 2.02. The van der Waals surface area contributed by atoms with Gasteiger partial charge >= 0.3 is 0 Å². The number of aromatic amines is 1. The lowest BCUT2D eigenvalue weighted by atomic mass is 10.0. The highest BCUT2D eigenvalue weighted by Gasteiger charge is 2.18. The van der Waals surface area contributed by atoms with Crippen molar-refractivity contribution in [1.29, 1.82) is 0 Å². The molecular weight excluding hydrogens is 276 g/mol. The molecule has 106 valence electrons. The summed E-state index contributed by atoms with van der Waals surface area (Å²) < 4.78 is 0. The normalized spacial score (nSPS) is 14.2. The number of halogens is 1. The SMILES string of the molecule is Cl.O=C(NCC1CNC1)c1cc(-c2ccccc2)n[nH]1. The molecule has 1 amide bonds. The Morgan fingerprint density at radius 3 is 2.70 bits per heavy atom. The standard InChI is InChI=1S/C14H16N4O.ClH/c19-14(16-9-10-7-15-8-10)13-6-12(17-18-13)11-4-2-1-3-5-11;/h1-6,10,15H,7-9H2,(H,16,19)(H,17,18);1H. The third kappa shape index (κ3) is 3.18. The molecule has 1 saturated heterocycles. The third-order valence-electron chi connectivity index (χ3n) is 3.31. The first-order valence-electron chi connectivity index (χ1n) is 6.42. The number of carbonyl (C=O) groups is 1. The second kappa shape index (κ2) is 6.54. The van der Waals surface area contributed by atoms with Crippen molar-refractivity contribution >= 4 is 18.3 Å². The molecule has 1 fully saturated rings. The van der Waals surface area contributed by atoms with Crippen LogP contribution >= 0.6 is 12.4 Å². The quantitative estimate of drug-likeness (QED) is 0.799. The molecule has 0 atom stereocenters. The van der Waals surface area contributed by atoms with Crippen molar-refractivity contribution in [2.45, 2.75) is 0 Å². The third-order valence-corrected chi connectivity index (χ3v) is 3.31. The summed E-state index contributed by atoms with van der Waals surface area (Å²) in [6, 6.07) is 11.6. The van der Waals surface area contributed by atoms with Crippen LogP contribution < -0.4 is 10.6 Å². The Morgan fingerprint density at radius 1 is 1.30 bits per heavy atom. The van der Waals surface area contributed by atoms with Gasteiger partial charge in [0.25, 0.3) is 5.91 Å². The Bertz CT molecular complexity index is 566. The smallest absolute Gasteiger partial charge is 0.269 e. The number of hydrogen-bond donors (Lipinski definition) is 3. The van der Waals surface area contributed by atoms with Gasteiger partial charge in [-0.05, 0) is 6.07 Å². The second-order valence-electron chi connectivity index (χ2n) is 4.77. The number of nitrogens with one attached hydrogen (secondary N) is 3. The Morgan fingerprint density at radius 2 is 2.05 bits per heavy atom. The van der Waals surface area contributed by atoms with E-state index in [4.69, 9.17) is 0 Å². The topological polar surface area (TPSA) is 69.8 Å². The Hall–Kier alpha value is -1.85. The molecule has 0 spiro atoms. The molecule has 20 heavy (non-hydrogen) atoms. The number of H-pyrrole nitrogens is 1. The van der Waals surface area contributed by atoms with E-state index in [9.17, 15) is 4.79 Å². The molecule has 5 nitrogen and oxygen atoms in total. The van der Waals surface area contributed by atoms with Gasteiger partial charge in [0, 0.05) is 31.1 Å². The van der Waals surface area contributed by atoms with E-state index in [1.807, 2.05) is 30.3 Å². The molecule has 0 saturated carbocycles. The molecule has 6 heteroatoms. The zero-order valence-corrected chi connectivity index (χ0v) is 11.7. The van der Waals surface area contributed by atoms with Crippen LogP contribution in [0.4, 0.5) is 0 Å². The van der Waals surface area contributed by atoms with Gasteiger partial charge in [-0.15, -0.1) is 12.4 Å². The molecule has 2 aromatic rings. The largest absolute Gasteiger partial charge is 0.350 e. The van der Waals surface area contributed by atoms with Crippen LogP contribution in [0.3, 0.4) is 0 Å². The molecule has 0 bridgehead atoms. The molecule has 0 aliphatic carbocycles. The van der Waals surface area contributed by atoms with E-state index in [1.165, 1.54) is 0 Å². The number of carbonyl (C=O) groups excluding carboxylic acids is 1. The van der Waals surface area contributed by atoms with Crippen molar-refractivity contribution in [2.75, 3.05) is 19.6 Å². The van der Waals surface area contributed by atoms with Crippen LogP contribution in [0.1, 0.15) is 10.5 Å². The van der Waals surface area contributed by atoms with Crippen molar-refractivity contribution in [3.8, 4) is 11.3 Å². The van der Waals surface area contributed by atoms with Crippen LogP contribution in [-0.4, -0.2) is 35.7 Å². The summed E-state index contributed by atoms with van der Waals surface area (Å²) >= 11 is 0. The highest BCUT2D eigenvalue weighted by atomic mass is 35.5. The van der Waals surface area contributed by atoms with E-state index in [2.05, 4.69) is 20.8 Å². The maximum Gasteiger partial charge on any atom is 0.269 e. The Kier molecular flexibility index (Phi) is 4.76. The molecular formula is C14H17ClN4O. The molecule has 0 unspecified atom stereocenters. The van der Waals surface area contributed by atoms with E-state index < -0.39 is 0 Å². The van der Waals surface area contributed by atoms with Crippen molar-refractivity contribution in [2.24, 2.45) is 5.92 Å². The molecule has 1 aliphatic rings. The molecule has 3 N–H and O–H groups in total. The van der Waals surface area contributed by atoms with Gasteiger partial charge in [-0.1, -0.05) is 30.3 Å². The maximum absolute atomic E-state index is 11.9. The first-order valence-corrected chi connectivity index (χ1v) is 6.42. The second-order valence-corrected chi connectivity index (χ2v) is 4.77. The van der Waals surface area contributed by atoms with Gasteiger partial charge in [0.1, 0.15) is 5.69 Å². The van der Waals surface area contributed by atoms with E-state index >= 15 is 0 Å². The predicted octanol–water partition coefficient (Wildman–Crippen LogP) is 1.45. The lowest BCUT2D eigenvalue weighted by Gasteiger charge is -2.26. The number of nitrogens with zero attached hydrogens (tertiary/aromatic N) is 1. The number of aromatic nitrogens is 2. The number of hydrogen-bond acceptors (Lipinski definition) is 3. The number of rotatable bonds is 4. The lowest BCUT2D eigenvalue weighted by molar-refractivity contribution is 0.0937. The molecule has 1 aromatic carbocycles. The first kappa shape index (κ1) is 14.6. The molecule has 3 rings (SSSR count). The summed E-state index contributed by atoms with van der Waals surface area (Å²) in [6.07, 6.45) is 0. The summed E-state index contributed by atoms with van der Waals surface area (Å²) in [5.41, 5.74) is 2.29. The summed E-state index contributed by atoms with van der Waals surface area (Å²) in [4.78, 5) is 11.9. The van der Waals surface area contributed by atoms with Crippen molar-refractivity contribution < 1.29 is 4.79 Å². The summed E-state index contributed by atoms with van der Waals surface area (Å²) in [7, 11) is 0. The van der Waals surface area contributed by atoms with Crippen molar-refractivity contribution in [1.82, 2.24) is 20.8 Å². The van der Waals surface area contributed by atoms with E-state index in [1.54, 1.807) is 6.07 Å². The number of amides is 1. The zero-order chi connectivity index (χ0) is 13.1. The monoisotopic (exact) mass is 292 g/mol. The predicted molar refractivity (Wildman–Crippen MR) is 80.0 cm³/mol. The van der Waals surface area contributed by atoms with Crippen LogP contribution in [0.25, 0.3) is 11.3 Å². The summed E-state index contributed by atoms with van der Waals surface area (Å²) in [6.45, 7) is 2.68. The summed E-state index contributed by atoms with van der Waals surface area (Å²) in [5, 5.41) is 13.1. The fourth-order valence-electron chi connectivity index (χ4n) is 2.02. The van der Waals surface area contributed by atoms with E-state index in [0.717, 1.165) is 24.3 Å². The van der Waals surface area contributed by atoms with Crippen LogP contribution in [-0.2, 0) is 0 Å². The van der Waals surface area contributed by atoms with Gasteiger partial charge in [-0.25, -0.2) is 0 Å². The highest BCUT2D eigenvalue weighted by molar-refractivity contribution is 5.93. The summed E-state index contributed by atoms with van der Waals surface area (Å²) in [5.74, 6) is 0.460. The molecule has 1 aromatic heterocycles. The van der Waals surface area contributed by atoms with Gasteiger partial charge in [-0.3, -0.25) is 9.89 Å². The van der Waals surface area contributed by atoms with Crippen LogP contribution in [0.5, 0.6) is 0 Å². The zero-order valence-electron chi connectivity index (χ0n) is 10.9. The van der Waals surface area contributed by atoms with Crippen LogP contribution in [0, 0.1) is 5.92 Å². The maximum atomic E-state index is 11.9. The van der Waals surface area contributed by atoms with Gasteiger partial charge < -0.3 is 10.6 Å². The Labute approximate surface area is 123 Å². The van der Waals surface area contributed by atoms with Crippen LogP contribution in [0.15, 0.2) is 36.4 Å². The van der Waals surface area contributed by atoms with Gasteiger partial charge in [0.2, 0.25) is 0 Å². The molecule has 1 aliphatic heterocycles. The average molecular weight is 293 g/mol. The van der Waals surface area contributed by atoms with Crippen molar-refractivity contribution in [3.63, 3.8) is 0 Å². The highest BCUT2D eigenvalue weighted by Crippen LogP contribution is 2.16. The minimum atomic E-state index is -0.0958.